The summed E-state index contributed by atoms with van der Waals surface area (Å²) in [5.41, 5.74) is 3.27. The number of aryl methyl sites for hydroxylation is 1. The SMILES string of the molecule is Cc1nc(-c2ccccc2)c(C(=O)OCC(=O)N2CCC(c3ccccc3)=N2)s1. The van der Waals surface area contributed by atoms with E-state index in [1.807, 2.05) is 67.6 Å². The molecule has 4 rings (SSSR count). The number of thiazole rings is 1. The minimum absolute atomic E-state index is 0.341. The Hall–Kier alpha value is -3.32. The highest BCUT2D eigenvalue weighted by molar-refractivity contribution is 7.14. The first-order valence-corrected chi connectivity index (χ1v) is 10.1. The highest BCUT2D eigenvalue weighted by Gasteiger charge is 2.24. The highest BCUT2D eigenvalue weighted by Crippen LogP contribution is 2.28. The van der Waals surface area contributed by atoms with Crippen LogP contribution >= 0.6 is 11.3 Å². The summed E-state index contributed by atoms with van der Waals surface area (Å²) in [7, 11) is 0. The number of hydrogen-bond donors (Lipinski definition) is 0. The number of amides is 1. The minimum Gasteiger partial charge on any atom is -0.451 e. The van der Waals surface area contributed by atoms with Gasteiger partial charge in [0.05, 0.1) is 23.0 Å². The summed E-state index contributed by atoms with van der Waals surface area (Å²) in [6.45, 7) is 1.97. The molecule has 1 amide bonds. The van der Waals surface area contributed by atoms with Gasteiger partial charge in [0.1, 0.15) is 4.88 Å². The van der Waals surface area contributed by atoms with Crippen LogP contribution in [-0.4, -0.2) is 40.7 Å². The summed E-state index contributed by atoms with van der Waals surface area (Å²) in [6, 6.07) is 19.2. The molecule has 0 saturated carbocycles. The number of hydrazone groups is 1. The Morgan fingerprint density at radius 2 is 1.69 bits per heavy atom. The van der Waals surface area contributed by atoms with Crippen LogP contribution in [0.25, 0.3) is 11.3 Å². The zero-order valence-corrected chi connectivity index (χ0v) is 16.7. The zero-order chi connectivity index (χ0) is 20.2. The molecular formula is C22H19N3O3S. The Morgan fingerprint density at radius 3 is 2.38 bits per heavy atom. The molecule has 0 radical (unpaired) electrons. The van der Waals surface area contributed by atoms with E-state index >= 15 is 0 Å². The molecule has 2 heterocycles. The van der Waals surface area contributed by atoms with E-state index in [1.165, 1.54) is 16.3 Å². The van der Waals surface area contributed by atoms with Gasteiger partial charge >= 0.3 is 5.97 Å². The lowest BCUT2D eigenvalue weighted by molar-refractivity contribution is -0.134. The van der Waals surface area contributed by atoms with Crippen molar-refractivity contribution in [1.82, 2.24) is 9.99 Å². The number of nitrogens with zero attached hydrogens (tertiary/aromatic N) is 3. The maximum Gasteiger partial charge on any atom is 0.351 e. The molecule has 2 aromatic carbocycles. The summed E-state index contributed by atoms with van der Waals surface area (Å²) in [5, 5.41) is 6.51. The number of rotatable bonds is 5. The molecular weight excluding hydrogens is 386 g/mol. The van der Waals surface area contributed by atoms with Crippen molar-refractivity contribution in [2.75, 3.05) is 13.2 Å². The molecule has 29 heavy (non-hydrogen) atoms. The lowest BCUT2D eigenvalue weighted by Gasteiger charge is -2.11. The van der Waals surface area contributed by atoms with Crippen molar-refractivity contribution >= 4 is 28.9 Å². The van der Waals surface area contributed by atoms with Crippen LogP contribution in [0.1, 0.15) is 26.7 Å². The average Bonchev–Trinajstić information content (AvgIpc) is 3.40. The van der Waals surface area contributed by atoms with Gasteiger partial charge in [0.25, 0.3) is 5.91 Å². The van der Waals surface area contributed by atoms with Crippen molar-refractivity contribution in [2.45, 2.75) is 13.3 Å². The predicted molar refractivity (Wildman–Crippen MR) is 112 cm³/mol. The summed E-state index contributed by atoms with van der Waals surface area (Å²) in [6.07, 6.45) is 0.676. The van der Waals surface area contributed by atoms with Gasteiger partial charge in [0.2, 0.25) is 0 Å². The predicted octanol–water partition coefficient (Wildman–Crippen LogP) is 3.91. The molecule has 0 atom stereocenters. The molecule has 0 spiro atoms. The first kappa shape index (κ1) is 19.0. The number of aromatic nitrogens is 1. The van der Waals surface area contributed by atoms with Crippen LogP contribution in [0, 0.1) is 6.92 Å². The van der Waals surface area contributed by atoms with E-state index in [4.69, 9.17) is 4.74 Å². The molecule has 1 aliphatic heterocycles. The van der Waals surface area contributed by atoms with Gasteiger partial charge < -0.3 is 4.74 Å². The average molecular weight is 405 g/mol. The second-order valence-corrected chi connectivity index (χ2v) is 7.74. The fourth-order valence-electron chi connectivity index (χ4n) is 3.10. The van der Waals surface area contributed by atoms with Gasteiger partial charge in [0.15, 0.2) is 6.61 Å². The van der Waals surface area contributed by atoms with E-state index in [1.54, 1.807) is 0 Å². The van der Waals surface area contributed by atoms with Crippen LogP contribution in [0.4, 0.5) is 0 Å². The van der Waals surface area contributed by atoms with Gasteiger partial charge in [0, 0.05) is 12.0 Å². The highest BCUT2D eigenvalue weighted by atomic mass is 32.1. The summed E-state index contributed by atoms with van der Waals surface area (Å²) in [5.74, 6) is -0.888. The van der Waals surface area contributed by atoms with Crippen LogP contribution in [0.3, 0.4) is 0 Å². The van der Waals surface area contributed by atoms with E-state index in [-0.39, 0.29) is 12.5 Å². The third-order valence-electron chi connectivity index (χ3n) is 4.49. The van der Waals surface area contributed by atoms with Gasteiger partial charge in [-0.15, -0.1) is 11.3 Å². The maximum atomic E-state index is 12.6. The third-order valence-corrected chi connectivity index (χ3v) is 5.44. The molecule has 0 unspecified atom stereocenters. The number of carbonyl (C=O) groups is 2. The Morgan fingerprint density at radius 1 is 1.03 bits per heavy atom. The molecule has 1 aromatic heterocycles. The van der Waals surface area contributed by atoms with Crippen LogP contribution < -0.4 is 0 Å². The first-order chi connectivity index (χ1) is 14.1. The fourth-order valence-corrected chi connectivity index (χ4v) is 3.93. The third kappa shape index (κ3) is 4.25. The van der Waals surface area contributed by atoms with Crippen molar-refractivity contribution in [3.8, 4) is 11.3 Å². The monoisotopic (exact) mass is 405 g/mol. The number of benzene rings is 2. The van der Waals surface area contributed by atoms with Crippen LogP contribution in [0.15, 0.2) is 65.8 Å². The lowest BCUT2D eigenvalue weighted by Crippen LogP contribution is -2.28. The standard InChI is InChI=1S/C22H19N3O3S/c1-15-23-20(17-10-6-3-7-11-17)21(29-15)22(27)28-14-19(26)25-13-12-18(24-25)16-8-4-2-5-9-16/h2-11H,12-14H2,1H3. The van der Waals surface area contributed by atoms with Crippen molar-refractivity contribution in [2.24, 2.45) is 5.10 Å². The molecule has 0 saturated heterocycles. The molecule has 146 valence electrons. The molecule has 3 aromatic rings. The topological polar surface area (TPSA) is 71.9 Å². The molecule has 0 N–H and O–H groups in total. The maximum absolute atomic E-state index is 12.6. The quantitative estimate of drug-likeness (QED) is 0.604. The number of esters is 1. The number of carbonyl (C=O) groups excluding carboxylic acids is 2. The van der Waals surface area contributed by atoms with Gasteiger partial charge in [-0.25, -0.2) is 14.8 Å². The Bertz CT molecular complexity index is 1060. The van der Waals surface area contributed by atoms with E-state index in [9.17, 15) is 9.59 Å². The van der Waals surface area contributed by atoms with Gasteiger partial charge in [-0.1, -0.05) is 60.7 Å². The van der Waals surface area contributed by atoms with Gasteiger partial charge in [-0.05, 0) is 12.5 Å². The van der Waals surface area contributed by atoms with E-state index in [2.05, 4.69) is 10.1 Å². The second-order valence-electron chi connectivity index (χ2n) is 6.53. The minimum atomic E-state index is -0.547. The van der Waals surface area contributed by atoms with Gasteiger partial charge in [-0.3, -0.25) is 4.79 Å². The normalized spacial score (nSPS) is 13.3. The summed E-state index contributed by atoms with van der Waals surface area (Å²) >= 11 is 1.26. The molecule has 0 bridgehead atoms. The van der Waals surface area contributed by atoms with E-state index in [0.29, 0.717) is 23.5 Å². The molecule has 6 nitrogen and oxygen atoms in total. The smallest absolute Gasteiger partial charge is 0.351 e. The van der Waals surface area contributed by atoms with Crippen molar-refractivity contribution in [3.05, 3.63) is 76.1 Å². The molecule has 7 heteroatoms. The van der Waals surface area contributed by atoms with Crippen molar-refractivity contribution in [3.63, 3.8) is 0 Å². The fraction of sp³-hybridized carbons (Fsp3) is 0.182. The lowest BCUT2D eigenvalue weighted by atomic mass is 10.1. The van der Waals surface area contributed by atoms with E-state index < -0.39 is 5.97 Å². The number of hydrogen-bond acceptors (Lipinski definition) is 6. The van der Waals surface area contributed by atoms with Crippen molar-refractivity contribution < 1.29 is 14.3 Å². The zero-order valence-electron chi connectivity index (χ0n) is 15.9. The molecule has 0 aliphatic carbocycles. The second kappa shape index (κ2) is 8.36. The van der Waals surface area contributed by atoms with Crippen molar-refractivity contribution in [1.29, 1.82) is 0 Å². The summed E-state index contributed by atoms with van der Waals surface area (Å²) in [4.78, 5) is 29.9. The van der Waals surface area contributed by atoms with Crippen LogP contribution in [-0.2, 0) is 9.53 Å². The summed E-state index contributed by atoms with van der Waals surface area (Å²) < 4.78 is 5.29. The largest absolute Gasteiger partial charge is 0.451 e. The van der Waals surface area contributed by atoms with Gasteiger partial charge in [-0.2, -0.15) is 5.10 Å². The first-order valence-electron chi connectivity index (χ1n) is 9.25. The molecule has 0 fully saturated rings. The van der Waals surface area contributed by atoms with Crippen LogP contribution in [0.5, 0.6) is 0 Å². The number of ether oxygens (including phenoxy) is 1. The van der Waals surface area contributed by atoms with E-state index in [0.717, 1.165) is 21.8 Å². The van der Waals surface area contributed by atoms with Crippen LogP contribution in [0.2, 0.25) is 0 Å². The Kier molecular flexibility index (Phi) is 5.48. The Balaban J connectivity index is 1.42. The Labute approximate surface area is 172 Å². The molecule has 1 aliphatic rings.